The number of amides is 1. The van der Waals surface area contributed by atoms with Crippen LogP contribution in [0, 0.1) is 0 Å². The maximum Gasteiger partial charge on any atom is 0.220 e. The Bertz CT molecular complexity index is 346. The van der Waals surface area contributed by atoms with Gasteiger partial charge in [0.1, 0.15) is 0 Å². The second-order valence-corrected chi connectivity index (χ2v) is 4.64. The van der Waals surface area contributed by atoms with Gasteiger partial charge in [-0.3, -0.25) is 4.79 Å². The maximum atomic E-state index is 11.7. The Morgan fingerprint density at radius 3 is 2.53 bits per heavy atom. The zero-order valence-corrected chi connectivity index (χ0v) is 10.8. The van der Waals surface area contributed by atoms with Crippen LogP contribution in [0.3, 0.4) is 0 Å². The molecule has 1 aromatic carbocycles. The molecule has 1 aromatic rings. The summed E-state index contributed by atoms with van der Waals surface area (Å²) < 4.78 is 4.93. The van der Waals surface area contributed by atoms with E-state index in [1.165, 1.54) is 0 Å². The molecule has 1 N–H and O–H groups in total. The number of carbonyl (C=O) groups is 1. The average Bonchev–Trinajstić information content (AvgIpc) is 2.30. The molecule has 3 nitrogen and oxygen atoms in total. The lowest BCUT2D eigenvalue weighted by Crippen LogP contribution is -2.40. The van der Waals surface area contributed by atoms with Gasteiger partial charge in [-0.2, -0.15) is 0 Å². The van der Waals surface area contributed by atoms with Crippen LogP contribution in [0.5, 0.6) is 0 Å². The highest BCUT2D eigenvalue weighted by atomic mass is 16.5. The molecule has 1 amide bonds. The van der Waals surface area contributed by atoms with E-state index in [9.17, 15) is 4.79 Å². The number of methoxy groups -OCH3 is 1. The van der Waals surface area contributed by atoms with Crippen molar-refractivity contribution in [3.05, 3.63) is 35.9 Å². The first-order chi connectivity index (χ1) is 8.06. The van der Waals surface area contributed by atoms with Crippen molar-refractivity contribution in [2.75, 3.05) is 13.7 Å². The Kier molecular flexibility index (Phi) is 5.16. The lowest BCUT2D eigenvalue weighted by Gasteiger charge is -2.27. The van der Waals surface area contributed by atoms with Crippen molar-refractivity contribution in [2.24, 2.45) is 0 Å². The minimum Gasteiger partial charge on any atom is -0.385 e. The van der Waals surface area contributed by atoms with Gasteiger partial charge in [0.05, 0.1) is 5.54 Å². The van der Waals surface area contributed by atoms with Gasteiger partial charge in [0, 0.05) is 20.1 Å². The second kappa shape index (κ2) is 6.40. The molecule has 0 aliphatic rings. The lowest BCUT2D eigenvalue weighted by molar-refractivity contribution is -0.123. The summed E-state index contributed by atoms with van der Waals surface area (Å²) in [5, 5.41) is 3.04. The lowest BCUT2D eigenvalue weighted by atomic mass is 9.94. The second-order valence-electron chi connectivity index (χ2n) is 4.64. The quantitative estimate of drug-likeness (QED) is 0.769. The van der Waals surface area contributed by atoms with E-state index >= 15 is 0 Å². The fourth-order valence-corrected chi connectivity index (χ4v) is 1.72. The number of benzene rings is 1. The van der Waals surface area contributed by atoms with Crippen molar-refractivity contribution < 1.29 is 9.53 Å². The molecule has 0 heterocycles. The monoisotopic (exact) mass is 235 g/mol. The molecular formula is C14H21NO2. The van der Waals surface area contributed by atoms with Crippen molar-refractivity contribution >= 4 is 5.91 Å². The summed E-state index contributed by atoms with van der Waals surface area (Å²) in [7, 11) is 1.64. The van der Waals surface area contributed by atoms with E-state index in [-0.39, 0.29) is 11.4 Å². The van der Waals surface area contributed by atoms with Crippen LogP contribution in [-0.2, 0) is 15.1 Å². The number of hydrogen-bond acceptors (Lipinski definition) is 2. The van der Waals surface area contributed by atoms with E-state index in [1.54, 1.807) is 7.11 Å². The maximum absolute atomic E-state index is 11.7. The Morgan fingerprint density at radius 2 is 1.94 bits per heavy atom. The Hall–Kier alpha value is -1.35. The zero-order valence-electron chi connectivity index (χ0n) is 10.8. The summed E-state index contributed by atoms with van der Waals surface area (Å²) in [4.78, 5) is 11.7. The van der Waals surface area contributed by atoms with Gasteiger partial charge in [-0.25, -0.2) is 0 Å². The fraction of sp³-hybridized carbons (Fsp3) is 0.500. The molecule has 0 saturated carbocycles. The minimum absolute atomic E-state index is 0.0657. The Morgan fingerprint density at radius 1 is 1.29 bits per heavy atom. The summed E-state index contributed by atoms with van der Waals surface area (Å²) in [6, 6.07) is 9.98. The van der Waals surface area contributed by atoms with Crippen LogP contribution in [0.1, 0.15) is 32.3 Å². The van der Waals surface area contributed by atoms with Crippen LogP contribution in [0.25, 0.3) is 0 Å². The van der Waals surface area contributed by atoms with Crippen LogP contribution >= 0.6 is 0 Å². The van der Waals surface area contributed by atoms with Gasteiger partial charge in [0.2, 0.25) is 5.91 Å². The molecule has 0 radical (unpaired) electrons. The molecule has 0 aliphatic heterocycles. The highest BCUT2D eigenvalue weighted by Crippen LogP contribution is 2.19. The van der Waals surface area contributed by atoms with Crippen LogP contribution in [0.4, 0.5) is 0 Å². The number of nitrogens with one attached hydrogen (secondary N) is 1. The molecule has 0 atom stereocenters. The van der Waals surface area contributed by atoms with Gasteiger partial charge in [-0.1, -0.05) is 30.3 Å². The molecule has 94 valence electrons. The van der Waals surface area contributed by atoms with Crippen molar-refractivity contribution in [1.29, 1.82) is 0 Å². The molecule has 0 saturated heterocycles. The average molecular weight is 235 g/mol. The predicted octanol–water partition coefficient (Wildman–Crippen LogP) is 2.46. The van der Waals surface area contributed by atoms with Crippen LogP contribution in [0.2, 0.25) is 0 Å². The van der Waals surface area contributed by atoms with E-state index in [0.717, 1.165) is 12.0 Å². The number of rotatable bonds is 6. The predicted molar refractivity (Wildman–Crippen MR) is 68.7 cm³/mol. The van der Waals surface area contributed by atoms with Gasteiger partial charge in [-0.15, -0.1) is 0 Å². The summed E-state index contributed by atoms with van der Waals surface area (Å²) in [6.45, 7) is 4.65. The number of ether oxygens (including phenoxy) is 1. The molecule has 17 heavy (non-hydrogen) atoms. The highest BCUT2D eigenvalue weighted by molar-refractivity contribution is 5.76. The van der Waals surface area contributed by atoms with E-state index in [1.807, 2.05) is 44.2 Å². The molecule has 0 aliphatic carbocycles. The number of hydrogen-bond donors (Lipinski definition) is 1. The molecule has 0 fully saturated rings. The van der Waals surface area contributed by atoms with Crippen LogP contribution in [-0.4, -0.2) is 19.6 Å². The summed E-state index contributed by atoms with van der Waals surface area (Å²) in [5.74, 6) is 0.0657. The third-order valence-electron chi connectivity index (χ3n) is 2.70. The Balaban J connectivity index is 2.52. The fourth-order valence-electron chi connectivity index (χ4n) is 1.72. The summed E-state index contributed by atoms with van der Waals surface area (Å²) in [5.41, 5.74) is 0.783. The molecule has 3 heteroatoms. The minimum atomic E-state index is -0.328. The topological polar surface area (TPSA) is 38.3 Å². The summed E-state index contributed by atoms with van der Waals surface area (Å²) >= 11 is 0. The van der Waals surface area contributed by atoms with Crippen molar-refractivity contribution in [3.63, 3.8) is 0 Å². The van der Waals surface area contributed by atoms with Gasteiger partial charge in [0.15, 0.2) is 0 Å². The van der Waals surface area contributed by atoms with Gasteiger partial charge >= 0.3 is 0 Å². The number of carbonyl (C=O) groups excluding carboxylic acids is 1. The first kappa shape index (κ1) is 13.7. The molecular weight excluding hydrogens is 214 g/mol. The largest absolute Gasteiger partial charge is 0.385 e. The summed E-state index contributed by atoms with van der Waals surface area (Å²) in [6.07, 6.45) is 1.26. The van der Waals surface area contributed by atoms with Gasteiger partial charge < -0.3 is 10.1 Å². The molecule has 0 bridgehead atoms. The zero-order chi connectivity index (χ0) is 12.7. The van der Waals surface area contributed by atoms with Gasteiger partial charge in [0.25, 0.3) is 0 Å². The van der Waals surface area contributed by atoms with Crippen LogP contribution in [0.15, 0.2) is 30.3 Å². The first-order valence-corrected chi connectivity index (χ1v) is 5.92. The highest BCUT2D eigenvalue weighted by Gasteiger charge is 2.21. The van der Waals surface area contributed by atoms with E-state index < -0.39 is 0 Å². The third kappa shape index (κ3) is 4.57. The third-order valence-corrected chi connectivity index (χ3v) is 2.70. The molecule has 0 spiro atoms. The van der Waals surface area contributed by atoms with Crippen molar-refractivity contribution in [2.45, 2.75) is 32.2 Å². The molecule has 0 unspecified atom stereocenters. The van der Waals surface area contributed by atoms with Crippen molar-refractivity contribution in [1.82, 2.24) is 5.32 Å². The molecule has 1 rings (SSSR count). The van der Waals surface area contributed by atoms with E-state index in [4.69, 9.17) is 4.74 Å². The first-order valence-electron chi connectivity index (χ1n) is 5.92. The van der Waals surface area contributed by atoms with Crippen LogP contribution < -0.4 is 5.32 Å². The van der Waals surface area contributed by atoms with E-state index in [2.05, 4.69) is 5.32 Å². The Labute approximate surface area is 103 Å². The smallest absolute Gasteiger partial charge is 0.220 e. The van der Waals surface area contributed by atoms with E-state index in [0.29, 0.717) is 13.0 Å². The van der Waals surface area contributed by atoms with Gasteiger partial charge in [-0.05, 0) is 25.8 Å². The molecule has 0 aromatic heterocycles. The van der Waals surface area contributed by atoms with Crippen molar-refractivity contribution in [3.8, 4) is 0 Å². The SMILES string of the molecule is COCCCC(=O)NC(C)(C)c1ccccc1. The standard InChI is InChI=1S/C14H21NO2/c1-14(2,12-8-5-4-6-9-12)15-13(16)10-7-11-17-3/h4-6,8-9H,7,10-11H2,1-3H3,(H,15,16). The normalized spacial score (nSPS) is 11.2.